The summed E-state index contributed by atoms with van der Waals surface area (Å²) in [4.78, 5) is 105. The maximum atomic E-state index is 14.8. The molecule has 4 fully saturated rings. The van der Waals surface area contributed by atoms with E-state index in [4.69, 9.17) is 9.98 Å². The van der Waals surface area contributed by atoms with E-state index in [2.05, 4.69) is 62.6 Å². The zero-order valence-corrected chi connectivity index (χ0v) is 46.9. The summed E-state index contributed by atoms with van der Waals surface area (Å²) in [5.41, 5.74) is 9.19. The number of para-hydroxylation sites is 1. The largest absolute Gasteiger partial charge is 0.341 e. The number of rotatable bonds is 19. The van der Waals surface area contributed by atoms with Crippen molar-refractivity contribution in [3.8, 4) is 22.3 Å². The van der Waals surface area contributed by atoms with E-state index < -0.39 is 24.2 Å². The average molecular weight is 1100 g/mol. The third-order valence-corrected chi connectivity index (χ3v) is 17.6. The van der Waals surface area contributed by atoms with E-state index in [-0.39, 0.29) is 80.1 Å². The smallest absolute Gasteiger partial charge is 0.247 e. The van der Waals surface area contributed by atoms with Gasteiger partial charge in [-0.3, -0.25) is 33.8 Å². The highest BCUT2D eigenvalue weighted by Gasteiger charge is 2.47. The Morgan fingerprint density at radius 1 is 0.593 bits per heavy atom. The Kier molecular flexibility index (Phi) is 19.2. The van der Waals surface area contributed by atoms with E-state index in [1.54, 1.807) is 37.7 Å². The quantitative estimate of drug-likeness (QED) is 0.0508. The summed E-state index contributed by atoms with van der Waals surface area (Å²) in [5, 5.41) is 12.0. The van der Waals surface area contributed by atoms with Gasteiger partial charge in [-0.2, -0.15) is 0 Å². The normalized spacial score (nSPS) is 22.5. The topological polar surface area (TPSA) is 205 Å². The van der Waals surface area contributed by atoms with Crippen LogP contribution in [0.2, 0.25) is 0 Å². The first-order valence-electron chi connectivity index (χ1n) is 29.3. The van der Waals surface area contributed by atoms with E-state index in [0.717, 1.165) is 95.5 Å². The zero-order chi connectivity index (χ0) is 55.9. The minimum absolute atomic E-state index is 0. The van der Waals surface area contributed by atoms with Crippen LogP contribution in [-0.2, 0) is 35.2 Å². The van der Waals surface area contributed by atoms with E-state index in [0.29, 0.717) is 64.5 Å². The molecule has 17 nitrogen and oxygen atoms in total. The Bertz CT molecular complexity index is 3070. The van der Waals surface area contributed by atoms with Gasteiger partial charge in [0.1, 0.15) is 17.9 Å². The molecule has 8 atom stereocenters. The first kappa shape index (κ1) is 58.4. The van der Waals surface area contributed by atoms with Crippen molar-refractivity contribution in [2.24, 2.45) is 4.99 Å². The molecule has 0 unspecified atom stereocenters. The highest BCUT2D eigenvalue weighted by atomic mass is 16.2. The molecule has 5 aliphatic rings. The summed E-state index contributed by atoms with van der Waals surface area (Å²) in [6.07, 6.45) is 10.6. The molecule has 5 N–H and O–H groups in total. The standard InChI is InChI=1S/C63H79N11O6.CH4/c1-40(64-3)60(77)68-52-38-71(35-33-44-29-31-54(73(44)62(52)79)51-37-48-46(23-17-25-49(48)66-51)42-19-11-9-12-20-42)56(75)27-15-7-5-6-8-16-28-57(76)72-36-34-45-30-32-55(74(45)63(80)53(39-72)69-61(78)41(2)65-4)59-67-50-26-18-24-47(58(50)70-59)43-21-13-10-14-22-43;/h9-14,17-26,40-41,44-45,52-55,64-65H,5-8,15-16,27-39H2,1-4H3,(H,67,70)(H,68,77)(H,69,78);1H4/t40-,41-,44+,45+,52-,53-,54-,55-;/m0./s1. The minimum Gasteiger partial charge on any atom is -0.341 e. The summed E-state index contributed by atoms with van der Waals surface area (Å²) in [6, 6.07) is 29.2. The summed E-state index contributed by atoms with van der Waals surface area (Å²) in [7, 11) is 3.41. The van der Waals surface area contributed by atoms with Gasteiger partial charge in [0.05, 0.1) is 40.9 Å². The molecule has 0 spiro atoms. The van der Waals surface area contributed by atoms with Gasteiger partial charge in [0, 0.05) is 68.8 Å². The van der Waals surface area contributed by atoms with Crippen LogP contribution in [0.4, 0.5) is 5.69 Å². The predicted molar refractivity (Wildman–Crippen MR) is 317 cm³/mol. The van der Waals surface area contributed by atoms with Crippen LogP contribution in [0.3, 0.4) is 0 Å². The summed E-state index contributed by atoms with van der Waals surface area (Å²) >= 11 is 0. The lowest BCUT2D eigenvalue weighted by Crippen LogP contribution is -2.61. The van der Waals surface area contributed by atoms with Gasteiger partial charge in [0.2, 0.25) is 35.4 Å². The number of hydrogen-bond donors (Lipinski definition) is 5. The maximum absolute atomic E-state index is 14.8. The molecule has 5 aromatic rings. The van der Waals surface area contributed by atoms with Gasteiger partial charge in [-0.1, -0.05) is 118 Å². The van der Waals surface area contributed by atoms with Crippen LogP contribution < -0.4 is 21.3 Å². The third kappa shape index (κ3) is 12.9. The average Bonchev–Trinajstić information content (AvgIpc) is 4.13. The summed E-state index contributed by atoms with van der Waals surface area (Å²) in [5.74, 6) is -0.264. The number of imidazole rings is 1. The Balaban J connectivity index is 0.00000792. The molecule has 81 heavy (non-hydrogen) atoms. The number of carbonyl (C=O) groups excluding carboxylic acids is 6. The van der Waals surface area contributed by atoms with E-state index in [9.17, 15) is 28.8 Å². The Hall–Kier alpha value is -7.24. The molecule has 17 heteroatoms. The van der Waals surface area contributed by atoms with Crippen molar-refractivity contribution in [1.82, 2.24) is 50.8 Å². The van der Waals surface area contributed by atoms with Crippen LogP contribution in [0.25, 0.3) is 33.3 Å². The van der Waals surface area contributed by atoms with Gasteiger partial charge in [0.25, 0.3) is 0 Å². The molecule has 10 rings (SSSR count). The first-order valence-corrected chi connectivity index (χ1v) is 29.3. The molecule has 0 radical (unpaired) electrons. The predicted octanol–water partition coefficient (Wildman–Crippen LogP) is 8.02. The molecule has 6 heterocycles. The molecule has 6 amide bonds. The zero-order valence-electron chi connectivity index (χ0n) is 46.9. The van der Waals surface area contributed by atoms with E-state index in [1.807, 2.05) is 70.5 Å². The van der Waals surface area contributed by atoms with Crippen molar-refractivity contribution in [3.63, 3.8) is 0 Å². The molecule has 0 saturated carbocycles. The number of fused-ring (bicyclic) bond motifs is 4. The fourth-order valence-electron chi connectivity index (χ4n) is 12.8. The molecule has 4 aromatic carbocycles. The second-order valence-corrected chi connectivity index (χ2v) is 22.6. The first-order chi connectivity index (χ1) is 38.9. The van der Waals surface area contributed by atoms with E-state index in [1.165, 1.54) is 5.56 Å². The lowest BCUT2D eigenvalue weighted by atomic mass is 9.94. The monoisotopic (exact) mass is 1100 g/mol. The molecular weight excluding hydrogens is 1020 g/mol. The number of unbranched alkanes of at least 4 members (excludes halogenated alkanes) is 5. The number of hydrogen-bond acceptors (Lipinski definition) is 10. The van der Waals surface area contributed by atoms with Crippen LogP contribution in [0.5, 0.6) is 0 Å². The van der Waals surface area contributed by atoms with Gasteiger partial charge in [-0.05, 0) is 114 Å². The molecule has 0 aliphatic carbocycles. The van der Waals surface area contributed by atoms with Crippen LogP contribution in [0.15, 0.2) is 102 Å². The van der Waals surface area contributed by atoms with Crippen molar-refractivity contribution < 1.29 is 28.8 Å². The minimum atomic E-state index is -0.918. The Labute approximate surface area is 477 Å². The molecule has 4 saturated heterocycles. The number of likely N-dealkylation sites (N-methyl/N-ethyl adjacent to an activating group) is 2. The number of carbonyl (C=O) groups is 6. The molecule has 430 valence electrons. The maximum Gasteiger partial charge on any atom is 0.247 e. The second-order valence-electron chi connectivity index (χ2n) is 22.6. The highest BCUT2D eigenvalue weighted by Crippen LogP contribution is 2.42. The van der Waals surface area contributed by atoms with Crippen LogP contribution in [-0.4, -0.2) is 153 Å². The van der Waals surface area contributed by atoms with Crippen molar-refractivity contribution in [3.05, 3.63) is 108 Å². The number of nitrogens with one attached hydrogen (secondary N) is 5. The molecule has 0 bridgehead atoms. The summed E-state index contributed by atoms with van der Waals surface area (Å²) in [6.45, 7) is 4.69. The Morgan fingerprint density at radius 3 is 1.64 bits per heavy atom. The van der Waals surface area contributed by atoms with Gasteiger partial charge in [-0.25, -0.2) is 4.98 Å². The van der Waals surface area contributed by atoms with Gasteiger partial charge in [0.15, 0.2) is 0 Å². The lowest BCUT2D eigenvalue weighted by Gasteiger charge is -2.39. The number of benzene rings is 4. The van der Waals surface area contributed by atoms with Gasteiger partial charge in [-0.15, -0.1) is 0 Å². The molecular formula is C64H83N11O6. The van der Waals surface area contributed by atoms with Crippen molar-refractivity contribution in [2.75, 3.05) is 40.3 Å². The van der Waals surface area contributed by atoms with Crippen LogP contribution >= 0.6 is 0 Å². The highest BCUT2D eigenvalue weighted by molar-refractivity contribution is 6.03. The third-order valence-electron chi connectivity index (χ3n) is 17.6. The number of H-pyrrole nitrogens is 1. The number of aliphatic imine (C=N–C) groups is 1. The number of aromatic nitrogens is 2. The van der Waals surface area contributed by atoms with Gasteiger partial charge < -0.3 is 45.9 Å². The Morgan fingerprint density at radius 2 is 1.09 bits per heavy atom. The SMILES string of the molecule is C.CN[C@@H](C)C(=O)N[C@H]1CN(C(=O)CCCCCCCCC(=O)N2CC[C@H]3CC[C@@H](c4nc5c(-c6ccccc6)cccc5[nH]4)N3C(=O)[C@@H](NC(=O)[C@H](C)NC)C2)CC[C@H]2CC[C@@H](C3=Nc4cccc(-c5ccccc5)c4C3)N2C1=O. The fraction of sp³-hybridized carbons (Fsp3) is 0.500. The van der Waals surface area contributed by atoms with Crippen LogP contribution in [0.1, 0.15) is 129 Å². The van der Waals surface area contributed by atoms with E-state index >= 15 is 0 Å². The van der Waals surface area contributed by atoms with Crippen molar-refractivity contribution in [2.45, 2.75) is 166 Å². The second kappa shape index (κ2) is 26.6. The fourth-order valence-corrected chi connectivity index (χ4v) is 12.8. The summed E-state index contributed by atoms with van der Waals surface area (Å²) < 4.78 is 0. The molecule has 5 aliphatic heterocycles. The van der Waals surface area contributed by atoms with Gasteiger partial charge >= 0.3 is 0 Å². The van der Waals surface area contributed by atoms with Crippen molar-refractivity contribution >= 4 is 57.9 Å². The number of amides is 6. The molecule has 1 aromatic heterocycles. The van der Waals surface area contributed by atoms with Crippen molar-refractivity contribution in [1.29, 1.82) is 0 Å². The number of nitrogens with zero attached hydrogens (tertiary/aromatic N) is 6. The van der Waals surface area contributed by atoms with Crippen LogP contribution in [0, 0.1) is 0 Å². The number of aromatic amines is 1. The lowest BCUT2D eigenvalue weighted by molar-refractivity contribution is -0.144.